The number of methoxy groups -OCH3 is 2. The third-order valence-corrected chi connectivity index (χ3v) is 4.51. The molecule has 146 valence electrons. The second-order valence-corrected chi connectivity index (χ2v) is 6.26. The lowest BCUT2D eigenvalue weighted by molar-refractivity contribution is -0.117. The topological polar surface area (TPSA) is 102 Å². The molecule has 0 unspecified atom stereocenters. The maximum absolute atomic E-state index is 13.0. The molecule has 1 aromatic heterocycles. The van der Waals surface area contributed by atoms with E-state index in [2.05, 4.69) is 32.9 Å². The summed E-state index contributed by atoms with van der Waals surface area (Å²) in [6, 6.07) is 13.3. The average Bonchev–Trinajstić information content (AvgIpc) is 3.26. The van der Waals surface area contributed by atoms with E-state index in [0.717, 1.165) is 17.7 Å². The van der Waals surface area contributed by atoms with E-state index >= 15 is 0 Å². The molecule has 28 heavy (non-hydrogen) atoms. The van der Waals surface area contributed by atoms with E-state index in [1.54, 1.807) is 14.2 Å². The molecule has 3 rings (SSSR count). The summed E-state index contributed by atoms with van der Waals surface area (Å²) in [7, 11) is 3.15. The van der Waals surface area contributed by atoms with Gasteiger partial charge in [-0.2, -0.15) is 5.21 Å². The number of tetrazole rings is 1. The Morgan fingerprint density at radius 1 is 1.07 bits per heavy atom. The van der Waals surface area contributed by atoms with E-state index in [0.29, 0.717) is 23.7 Å². The van der Waals surface area contributed by atoms with Gasteiger partial charge in [-0.1, -0.05) is 30.3 Å². The smallest absolute Gasteiger partial charge is 0.235 e. The van der Waals surface area contributed by atoms with Gasteiger partial charge in [-0.3, -0.25) is 4.79 Å². The average molecular weight is 381 g/mol. The fraction of sp³-hybridized carbons (Fsp3) is 0.300. The standard InChI is InChI=1S/C20H23N5O3/c1-4-13-5-8-15(9-6-13)21-20(26)16(19-22-24-25-23-19)11-14-7-10-17(27-2)18(12-14)28-3/h5-10,12,16H,4,11H2,1-3H3,(H,21,26)(H,22,23,24,25)/t16-/m1/s1. The molecule has 0 aliphatic rings. The van der Waals surface area contributed by atoms with Crippen molar-refractivity contribution in [1.29, 1.82) is 0 Å². The quantitative estimate of drug-likeness (QED) is 0.622. The van der Waals surface area contributed by atoms with E-state index in [-0.39, 0.29) is 5.91 Å². The lowest BCUT2D eigenvalue weighted by Gasteiger charge is -2.15. The van der Waals surface area contributed by atoms with Crippen molar-refractivity contribution in [3.63, 3.8) is 0 Å². The van der Waals surface area contributed by atoms with Crippen molar-refractivity contribution in [2.24, 2.45) is 0 Å². The minimum Gasteiger partial charge on any atom is -0.493 e. The summed E-state index contributed by atoms with van der Waals surface area (Å²) in [4.78, 5) is 13.0. The summed E-state index contributed by atoms with van der Waals surface area (Å²) in [5.74, 6) is 0.742. The molecule has 3 aromatic rings. The van der Waals surface area contributed by atoms with Crippen LogP contribution in [-0.4, -0.2) is 40.8 Å². The molecule has 0 bridgehead atoms. The predicted molar refractivity (Wildman–Crippen MR) is 105 cm³/mol. The number of ether oxygens (including phenoxy) is 2. The van der Waals surface area contributed by atoms with Gasteiger partial charge < -0.3 is 14.8 Å². The number of aryl methyl sites for hydroxylation is 1. The Hall–Kier alpha value is -3.42. The van der Waals surface area contributed by atoms with Crippen molar-refractivity contribution >= 4 is 11.6 Å². The first-order chi connectivity index (χ1) is 13.6. The fourth-order valence-corrected chi connectivity index (χ4v) is 2.91. The highest BCUT2D eigenvalue weighted by molar-refractivity contribution is 5.95. The van der Waals surface area contributed by atoms with Gasteiger partial charge in [0, 0.05) is 5.69 Å². The molecule has 0 saturated carbocycles. The lowest BCUT2D eigenvalue weighted by Crippen LogP contribution is -2.24. The van der Waals surface area contributed by atoms with Gasteiger partial charge in [0.2, 0.25) is 5.91 Å². The lowest BCUT2D eigenvalue weighted by atomic mass is 9.97. The predicted octanol–water partition coefficient (Wildman–Crippen LogP) is 2.74. The molecular weight excluding hydrogens is 358 g/mol. The number of hydrogen-bond donors (Lipinski definition) is 2. The minimum atomic E-state index is -0.609. The second-order valence-electron chi connectivity index (χ2n) is 6.26. The molecule has 0 spiro atoms. The molecule has 1 heterocycles. The highest BCUT2D eigenvalue weighted by Crippen LogP contribution is 2.30. The molecular formula is C20H23N5O3. The van der Waals surface area contributed by atoms with Crippen LogP contribution in [0.4, 0.5) is 5.69 Å². The summed E-state index contributed by atoms with van der Waals surface area (Å²) in [5.41, 5.74) is 2.82. The summed E-state index contributed by atoms with van der Waals surface area (Å²) >= 11 is 0. The van der Waals surface area contributed by atoms with Crippen molar-refractivity contribution < 1.29 is 14.3 Å². The zero-order valence-electron chi connectivity index (χ0n) is 16.1. The molecule has 1 atom stereocenters. The number of carbonyl (C=O) groups is 1. The summed E-state index contributed by atoms with van der Waals surface area (Å²) < 4.78 is 10.6. The van der Waals surface area contributed by atoms with Crippen LogP contribution in [0.5, 0.6) is 11.5 Å². The maximum atomic E-state index is 13.0. The summed E-state index contributed by atoms with van der Waals surface area (Å²) in [6.07, 6.45) is 1.33. The van der Waals surface area contributed by atoms with Crippen molar-refractivity contribution in [3.8, 4) is 11.5 Å². The van der Waals surface area contributed by atoms with E-state index in [1.807, 2.05) is 42.5 Å². The molecule has 2 N–H and O–H groups in total. The largest absolute Gasteiger partial charge is 0.493 e. The summed E-state index contributed by atoms with van der Waals surface area (Å²) in [6.45, 7) is 2.09. The third kappa shape index (κ3) is 4.46. The van der Waals surface area contributed by atoms with Crippen LogP contribution in [0.25, 0.3) is 0 Å². The highest BCUT2D eigenvalue weighted by Gasteiger charge is 2.26. The molecule has 0 aliphatic heterocycles. The van der Waals surface area contributed by atoms with E-state index in [1.165, 1.54) is 5.56 Å². The number of anilines is 1. The third-order valence-electron chi connectivity index (χ3n) is 4.51. The molecule has 0 aliphatic carbocycles. The van der Waals surface area contributed by atoms with Crippen LogP contribution in [0.3, 0.4) is 0 Å². The minimum absolute atomic E-state index is 0.208. The van der Waals surface area contributed by atoms with Crippen molar-refractivity contribution in [1.82, 2.24) is 20.6 Å². The first-order valence-electron chi connectivity index (χ1n) is 8.98. The number of benzene rings is 2. The summed E-state index contributed by atoms with van der Waals surface area (Å²) in [5, 5.41) is 17.0. The van der Waals surface area contributed by atoms with E-state index in [4.69, 9.17) is 9.47 Å². The van der Waals surface area contributed by atoms with Gasteiger partial charge >= 0.3 is 0 Å². The number of hydrogen-bond acceptors (Lipinski definition) is 6. The Bertz CT molecular complexity index is 910. The van der Waals surface area contributed by atoms with Gasteiger partial charge in [-0.15, -0.1) is 10.2 Å². The van der Waals surface area contributed by atoms with Gasteiger partial charge in [-0.05, 0) is 48.2 Å². The number of amides is 1. The molecule has 8 heteroatoms. The zero-order chi connectivity index (χ0) is 19.9. The van der Waals surface area contributed by atoms with Gasteiger partial charge in [0.15, 0.2) is 17.3 Å². The number of H-pyrrole nitrogens is 1. The molecule has 1 amide bonds. The first kappa shape index (κ1) is 19.3. The Labute approximate surface area is 163 Å². The Morgan fingerprint density at radius 3 is 2.39 bits per heavy atom. The SMILES string of the molecule is CCc1ccc(NC(=O)[C@H](Cc2ccc(OC)c(OC)c2)c2nn[nH]n2)cc1. The van der Waals surface area contributed by atoms with E-state index < -0.39 is 5.92 Å². The van der Waals surface area contributed by atoms with Gasteiger partial charge in [0.25, 0.3) is 0 Å². The van der Waals surface area contributed by atoms with Gasteiger partial charge in [0.05, 0.1) is 14.2 Å². The second kappa shape index (κ2) is 8.98. The van der Waals surface area contributed by atoms with Crippen LogP contribution in [0.1, 0.15) is 29.8 Å². The van der Waals surface area contributed by atoms with Crippen LogP contribution >= 0.6 is 0 Å². The van der Waals surface area contributed by atoms with Crippen LogP contribution in [0, 0.1) is 0 Å². The van der Waals surface area contributed by atoms with Crippen molar-refractivity contribution in [2.45, 2.75) is 25.7 Å². The monoisotopic (exact) mass is 381 g/mol. The molecule has 0 saturated heterocycles. The number of nitrogens with zero attached hydrogens (tertiary/aromatic N) is 3. The normalized spacial score (nSPS) is 11.7. The molecule has 0 fully saturated rings. The number of aromatic nitrogens is 4. The fourth-order valence-electron chi connectivity index (χ4n) is 2.91. The van der Waals surface area contributed by atoms with Crippen LogP contribution in [0.2, 0.25) is 0 Å². The number of nitrogens with one attached hydrogen (secondary N) is 2. The molecule has 2 aromatic carbocycles. The Balaban J connectivity index is 1.82. The molecule has 0 radical (unpaired) electrons. The van der Waals surface area contributed by atoms with Crippen LogP contribution in [-0.2, 0) is 17.6 Å². The zero-order valence-corrected chi connectivity index (χ0v) is 16.1. The maximum Gasteiger partial charge on any atom is 0.235 e. The van der Waals surface area contributed by atoms with Crippen molar-refractivity contribution in [2.75, 3.05) is 19.5 Å². The Kier molecular flexibility index (Phi) is 6.21. The van der Waals surface area contributed by atoms with Crippen molar-refractivity contribution in [3.05, 3.63) is 59.4 Å². The van der Waals surface area contributed by atoms with Crippen LogP contribution in [0.15, 0.2) is 42.5 Å². The van der Waals surface area contributed by atoms with E-state index in [9.17, 15) is 4.79 Å². The number of aromatic amines is 1. The molecule has 8 nitrogen and oxygen atoms in total. The Morgan fingerprint density at radius 2 is 1.79 bits per heavy atom. The van der Waals surface area contributed by atoms with Crippen LogP contribution < -0.4 is 14.8 Å². The number of rotatable bonds is 8. The first-order valence-corrected chi connectivity index (χ1v) is 8.98. The number of carbonyl (C=O) groups excluding carboxylic acids is 1. The highest BCUT2D eigenvalue weighted by atomic mass is 16.5. The van der Waals surface area contributed by atoms with Gasteiger partial charge in [-0.25, -0.2) is 0 Å². The van der Waals surface area contributed by atoms with Gasteiger partial charge in [0.1, 0.15) is 5.92 Å².